The Kier molecular flexibility index (Phi) is 4.60. The summed E-state index contributed by atoms with van der Waals surface area (Å²) in [5.41, 5.74) is 3.31. The molecule has 0 aliphatic rings. The van der Waals surface area contributed by atoms with Crippen LogP contribution >= 0.6 is 0 Å². The van der Waals surface area contributed by atoms with Crippen LogP contribution < -0.4 is 5.63 Å². The molecule has 0 bridgehead atoms. The van der Waals surface area contributed by atoms with E-state index in [1.807, 2.05) is 78.9 Å². The minimum atomic E-state index is -0.455. The van der Waals surface area contributed by atoms with Gasteiger partial charge in [0.05, 0.1) is 11.3 Å². The lowest BCUT2D eigenvalue weighted by atomic mass is 10.0. The monoisotopic (exact) mass is 405 g/mol. The molecule has 0 atom stereocenters. The highest BCUT2D eigenvalue weighted by Crippen LogP contribution is 2.32. The van der Waals surface area contributed by atoms with E-state index in [-0.39, 0.29) is 5.75 Å². The summed E-state index contributed by atoms with van der Waals surface area (Å²) < 4.78 is 5.69. The smallest absolute Gasteiger partial charge is 0.345 e. The maximum absolute atomic E-state index is 12.8. The number of aromatic hydroxyl groups is 1. The van der Waals surface area contributed by atoms with E-state index in [0.717, 1.165) is 27.3 Å². The molecule has 0 unspecified atom stereocenters. The van der Waals surface area contributed by atoms with Crippen LogP contribution in [0.5, 0.6) is 5.75 Å². The van der Waals surface area contributed by atoms with Gasteiger partial charge in [0, 0.05) is 10.8 Å². The van der Waals surface area contributed by atoms with Crippen LogP contribution in [0.4, 0.5) is 5.69 Å². The van der Waals surface area contributed by atoms with E-state index in [0.29, 0.717) is 22.5 Å². The van der Waals surface area contributed by atoms with Gasteiger partial charge >= 0.3 is 5.63 Å². The van der Waals surface area contributed by atoms with Crippen molar-refractivity contribution in [1.29, 1.82) is 0 Å². The number of benzene rings is 4. The molecule has 0 saturated carbocycles. The molecule has 150 valence electrons. The summed E-state index contributed by atoms with van der Waals surface area (Å²) in [4.78, 5) is 17.3. The summed E-state index contributed by atoms with van der Waals surface area (Å²) in [5, 5.41) is 13.1. The Morgan fingerprint density at radius 1 is 0.806 bits per heavy atom. The van der Waals surface area contributed by atoms with Gasteiger partial charge in [-0.1, -0.05) is 72.8 Å². The van der Waals surface area contributed by atoms with Crippen LogP contribution in [0.25, 0.3) is 32.9 Å². The van der Waals surface area contributed by atoms with Gasteiger partial charge in [-0.15, -0.1) is 0 Å². The average Bonchev–Trinajstić information content (AvgIpc) is 2.80. The molecule has 31 heavy (non-hydrogen) atoms. The Morgan fingerprint density at radius 2 is 1.55 bits per heavy atom. The van der Waals surface area contributed by atoms with Gasteiger partial charge in [0.15, 0.2) is 0 Å². The van der Waals surface area contributed by atoms with E-state index in [1.54, 1.807) is 19.1 Å². The summed E-state index contributed by atoms with van der Waals surface area (Å²) in [6.07, 6.45) is 0. The fourth-order valence-corrected chi connectivity index (χ4v) is 3.77. The highest BCUT2D eigenvalue weighted by Gasteiger charge is 2.12. The molecule has 0 fully saturated rings. The number of rotatable bonds is 3. The normalized spacial score (nSPS) is 11.8. The summed E-state index contributed by atoms with van der Waals surface area (Å²) >= 11 is 0. The van der Waals surface area contributed by atoms with E-state index < -0.39 is 5.63 Å². The fraction of sp³-hybridized carbons (Fsp3) is 0.0370. The van der Waals surface area contributed by atoms with Gasteiger partial charge in [0.25, 0.3) is 0 Å². The van der Waals surface area contributed by atoms with Crippen LogP contribution in [0.1, 0.15) is 12.5 Å². The lowest BCUT2D eigenvalue weighted by molar-refractivity contribution is 0.477. The molecular weight excluding hydrogens is 386 g/mol. The first-order valence-electron chi connectivity index (χ1n) is 10.00. The minimum Gasteiger partial charge on any atom is -0.506 e. The summed E-state index contributed by atoms with van der Waals surface area (Å²) in [5.74, 6) is 0.0511. The third kappa shape index (κ3) is 3.49. The fourth-order valence-electron chi connectivity index (χ4n) is 3.77. The van der Waals surface area contributed by atoms with Crippen molar-refractivity contribution in [2.45, 2.75) is 6.92 Å². The summed E-state index contributed by atoms with van der Waals surface area (Å²) in [6, 6.07) is 28.7. The third-order valence-electron chi connectivity index (χ3n) is 5.39. The number of phenolic OH excluding ortho intramolecular Hbond substituents is 1. The van der Waals surface area contributed by atoms with Crippen molar-refractivity contribution in [3.8, 4) is 16.9 Å². The van der Waals surface area contributed by atoms with E-state index >= 15 is 0 Å². The average molecular weight is 405 g/mol. The Hall–Kier alpha value is -4.18. The topological polar surface area (TPSA) is 62.8 Å². The zero-order valence-corrected chi connectivity index (χ0v) is 16.9. The highest BCUT2D eigenvalue weighted by atomic mass is 16.4. The number of phenols is 1. The van der Waals surface area contributed by atoms with E-state index in [4.69, 9.17) is 4.42 Å². The molecule has 0 amide bonds. The molecule has 5 rings (SSSR count). The van der Waals surface area contributed by atoms with Gasteiger partial charge in [-0.05, 0) is 41.6 Å². The summed E-state index contributed by atoms with van der Waals surface area (Å²) in [6.45, 7) is 1.74. The molecule has 5 aromatic rings. The number of hydrogen-bond acceptors (Lipinski definition) is 4. The second kappa shape index (κ2) is 7.58. The van der Waals surface area contributed by atoms with Gasteiger partial charge in [-0.3, -0.25) is 0 Å². The summed E-state index contributed by atoms with van der Waals surface area (Å²) in [7, 11) is 0. The van der Waals surface area contributed by atoms with Crippen molar-refractivity contribution in [3.05, 3.63) is 107 Å². The molecular formula is C27H19NO3. The number of fused-ring (bicyclic) bond motifs is 3. The van der Waals surface area contributed by atoms with Crippen molar-refractivity contribution in [2.75, 3.05) is 0 Å². The molecule has 1 heterocycles. The molecule has 0 saturated heterocycles. The molecule has 4 heteroatoms. The molecule has 4 aromatic carbocycles. The first-order chi connectivity index (χ1) is 15.1. The number of hydrogen-bond donors (Lipinski definition) is 1. The molecule has 1 aromatic heterocycles. The Bertz CT molecular complexity index is 1510. The van der Waals surface area contributed by atoms with E-state index in [9.17, 15) is 9.90 Å². The van der Waals surface area contributed by atoms with Crippen LogP contribution in [0.2, 0.25) is 0 Å². The first kappa shape index (κ1) is 18.8. The van der Waals surface area contributed by atoms with Gasteiger partial charge in [0.2, 0.25) is 0 Å². The Morgan fingerprint density at radius 3 is 2.39 bits per heavy atom. The lowest BCUT2D eigenvalue weighted by Crippen LogP contribution is -2.12. The lowest BCUT2D eigenvalue weighted by Gasteiger charge is -2.07. The van der Waals surface area contributed by atoms with Crippen molar-refractivity contribution in [3.63, 3.8) is 0 Å². The Balaban J connectivity index is 1.61. The standard InChI is InChI=1S/C27H19NO3/c1-17(28-24-16-20(13-14-25(24)29)18-7-3-2-4-8-18)23-15-21-12-11-19-9-5-6-10-22(19)26(21)31-27(23)30/h2-16,29H,1H3/b28-17+. The van der Waals surface area contributed by atoms with Crippen LogP contribution in [0.3, 0.4) is 0 Å². The van der Waals surface area contributed by atoms with Crippen molar-refractivity contribution < 1.29 is 9.52 Å². The van der Waals surface area contributed by atoms with Crippen LogP contribution in [-0.2, 0) is 0 Å². The predicted molar refractivity (Wildman–Crippen MR) is 125 cm³/mol. The molecule has 4 nitrogen and oxygen atoms in total. The van der Waals surface area contributed by atoms with Crippen molar-refractivity contribution in [2.24, 2.45) is 4.99 Å². The van der Waals surface area contributed by atoms with Crippen LogP contribution in [0, 0.1) is 0 Å². The van der Waals surface area contributed by atoms with Gasteiger partial charge in [-0.25, -0.2) is 9.79 Å². The molecule has 1 N–H and O–H groups in total. The Labute approximate surface area is 178 Å². The van der Waals surface area contributed by atoms with Crippen molar-refractivity contribution >= 4 is 33.1 Å². The van der Waals surface area contributed by atoms with Gasteiger partial charge < -0.3 is 9.52 Å². The minimum absolute atomic E-state index is 0.0511. The maximum atomic E-state index is 12.8. The highest BCUT2D eigenvalue weighted by molar-refractivity contribution is 6.07. The largest absolute Gasteiger partial charge is 0.506 e. The molecule has 0 aliphatic heterocycles. The van der Waals surface area contributed by atoms with Crippen LogP contribution in [-0.4, -0.2) is 10.8 Å². The van der Waals surface area contributed by atoms with Crippen LogP contribution in [0.15, 0.2) is 105 Å². The first-order valence-corrected chi connectivity index (χ1v) is 10.00. The van der Waals surface area contributed by atoms with Gasteiger partial charge in [0.1, 0.15) is 17.0 Å². The van der Waals surface area contributed by atoms with E-state index in [1.165, 1.54) is 0 Å². The third-order valence-corrected chi connectivity index (χ3v) is 5.39. The maximum Gasteiger partial charge on any atom is 0.345 e. The number of aliphatic imine (C=N–C) groups is 1. The SMILES string of the molecule is C/C(=N\c1cc(-c2ccccc2)ccc1O)c1cc2ccc3ccccc3c2oc1=O. The second-order valence-electron chi connectivity index (χ2n) is 7.42. The van der Waals surface area contributed by atoms with E-state index in [2.05, 4.69) is 4.99 Å². The number of nitrogens with zero attached hydrogens (tertiary/aromatic N) is 1. The zero-order valence-electron chi connectivity index (χ0n) is 16.9. The molecule has 0 spiro atoms. The van der Waals surface area contributed by atoms with Crippen molar-refractivity contribution in [1.82, 2.24) is 0 Å². The second-order valence-corrected chi connectivity index (χ2v) is 7.42. The molecule has 0 radical (unpaired) electrons. The van der Waals surface area contributed by atoms with Gasteiger partial charge in [-0.2, -0.15) is 0 Å². The predicted octanol–water partition coefficient (Wildman–Crippen LogP) is 6.46. The quantitative estimate of drug-likeness (QED) is 0.213. The zero-order chi connectivity index (χ0) is 21.4. The molecule has 0 aliphatic carbocycles.